The average Bonchev–Trinajstić information content (AvgIpc) is 3.12. The van der Waals surface area contributed by atoms with Gasteiger partial charge in [0.2, 0.25) is 0 Å². The summed E-state index contributed by atoms with van der Waals surface area (Å²) in [7, 11) is -1.65. The highest BCUT2D eigenvalue weighted by atomic mass is 28.3. The molecule has 0 fully saturated rings. The fraction of sp³-hybridized carbons (Fsp3) is 0.375. The van der Waals surface area contributed by atoms with Gasteiger partial charge in [0.1, 0.15) is 6.61 Å². The number of hydrogen-bond acceptors (Lipinski definition) is 5. The molecule has 2 aromatic heterocycles. The van der Waals surface area contributed by atoms with Crippen molar-refractivity contribution < 1.29 is 14.6 Å². The first-order valence-electron chi connectivity index (χ1n) is 10.8. The van der Waals surface area contributed by atoms with Gasteiger partial charge in [0, 0.05) is 16.5 Å². The number of pyridine rings is 2. The van der Waals surface area contributed by atoms with E-state index in [0.29, 0.717) is 23.4 Å². The van der Waals surface area contributed by atoms with Crippen LogP contribution < -0.4 is 10.7 Å². The molecule has 0 saturated heterocycles. The van der Waals surface area contributed by atoms with E-state index in [2.05, 4.69) is 44.3 Å². The molecule has 31 heavy (non-hydrogen) atoms. The van der Waals surface area contributed by atoms with Crippen LogP contribution in [0.5, 0.6) is 0 Å². The summed E-state index contributed by atoms with van der Waals surface area (Å²) < 4.78 is 6.83. The number of aromatic nitrogens is 2. The molecule has 7 heteroatoms. The van der Waals surface area contributed by atoms with E-state index in [-0.39, 0.29) is 18.6 Å². The highest BCUT2D eigenvalue weighted by molar-refractivity contribution is 6.91. The summed E-state index contributed by atoms with van der Waals surface area (Å²) >= 11 is 0. The lowest BCUT2D eigenvalue weighted by Crippen LogP contribution is -2.44. The van der Waals surface area contributed by atoms with Crippen LogP contribution >= 0.6 is 0 Å². The van der Waals surface area contributed by atoms with Gasteiger partial charge < -0.3 is 14.4 Å². The lowest BCUT2D eigenvalue weighted by atomic mass is 9.86. The predicted molar refractivity (Wildman–Crippen MR) is 122 cm³/mol. The summed E-state index contributed by atoms with van der Waals surface area (Å²) in [6, 6.07) is 11.4. The molecule has 2 aliphatic rings. The third-order valence-corrected chi connectivity index (χ3v) is 10.8. The van der Waals surface area contributed by atoms with Crippen LogP contribution in [0.4, 0.5) is 0 Å². The molecule has 0 unspecified atom stereocenters. The molecule has 4 heterocycles. The zero-order chi connectivity index (χ0) is 22.1. The summed E-state index contributed by atoms with van der Waals surface area (Å²) in [6.07, 6.45) is 0.139. The summed E-state index contributed by atoms with van der Waals surface area (Å²) in [6.45, 7) is 8.95. The Morgan fingerprint density at radius 2 is 2.00 bits per heavy atom. The molecule has 0 aliphatic carbocycles. The first-order valence-corrected chi connectivity index (χ1v) is 14.0. The molecular formula is C24H26N2O4Si. The Morgan fingerprint density at radius 1 is 1.23 bits per heavy atom. The molecule has 0 saturated carbocycles. The second-order valence-electron chi connectivity index (χ2n) is 9.21. The number of nitrogens with zero attached hydrogens (tertiary/aromatic N) is 2. The van der Waals surface area contributed by atoms with Crippen molar-refractivity contribution in [3.8, 4) is 11.4 Å². The van der Waals surface area contributed by atoms with Crippen LogP contribution in [0.3, 0.4) is 0 Å². The van der Waals surface area contributed by atoms with E-state index >= 15 is 0 Å². The van der Waals surface area contributed by atoms with Gasteiger partial charge in [0.15, 0.2) is 5.60 Å². The Hall–Kier alpha value is -2.77. The standard InChI is InChI=1S/C24H26N2O4Si/c1-5-24(29)17-11-18-20-15(12-26(18)22(27)16(17)13-30-23(24)28)10-14-8-7-9-19(21(14)25-20)31(3,4)6-2/h7-11,29H,5-6,12-13H2,1-4H3/t24-/m0/s1. The molecule has 5 rings (SSSR count). The zero-order valence-corrected chi connectivity index (χ0v) is 19.3. The normalized spacial score (nSPS) is 19.7. The fourth-order valence-electron chi connectivity index (χ4n) is 4.74. The van der Waals surface area contributed by atoms with Crippen LogP contribution in [0.15, 0.2) is 35.1 Å². The number of aliphatic hydroxyl groups is 1. The molecule has 1 atom stereocenters. The van der Waals surface area contributed by atoms with E-state index in [1.54, 1.807) is 17.6 Å². The van der Waals surface area contributed by atoms with Gasteiger partial charge in [-0.3, -0.25) is 4.79 Å². The van der Waals surface area contributed by atoms with Crippen molar-refractivity contribution in [1.29, 1.82) is 0 Å². The average molecular weight is 435 g/mol. The Bertz CT molecular complexity index is 1330. The maximum absolute atomic E-state index is 13.3. The number of para-hydroxylation sites is 1. The summed E-state index contributed by atoms with van der Waals surface area (Å²) in [5.41, 5.74) is 2.07. The molecule has 0 amide bonds. The number of fused-ring (bicyclic) bond motifs is 5. The number of benzene rings is 1. The Balaban J connectivity index is 1.79. The SMILES string of the molecule is CC[C@@]1(O)C(=O)OCc2c1cc1n(c2=O)Cc2cc3cccc([Si](C)(C)CC)c3nc2-1. The summed E-state index contributed by atoms with van der Waals surface area (Å²) in [5.74, 6) is -0.700. The van der Waals surface area contributed by atoms with E-state index in [0.717, 1.165) is 28.2 Å². The third-order valence-electron chi connectivity index (χ3n) is 7.15. The number of esters is 1. The summed E-state index contributed by atoms with van der Waals surface area (Å²) in [5, 5.41) is 13.4. The second kappa shape index (κ2) is 6.61. The number of carbonyl (C=O) groups excluding carboxylic acids is 1. The molecule has 2 aliphatic heterocycles. The van der Waals surface area contributed by atoms with Crippen LogP contribution in [0.25, 0.3) is 22.3 Å². The molecule has 3 aromatic rings. The Labute approximate surface area is 181 Å². The number of hydrogen-bond donors (Lipinski definition) is 1. The lowest BCUT2D eigenvalue weighted by molar-refractivity contribution is -0.172. The first-order chi connectivity index (χ1) is 14.7. The highest BCUT2D eigenvalue weighted by Gasteiger charge is 2.45. The maximum atomic E-state index is 13.3. The Morgan fingerprint density at radius 3 is 2.71 bits per heavy atom. The van der Waals surface area contributed by atoms with Gasteiger partial charge in [0.25, 0.3) is 5.56 Å². The second-order valence-corrected chi connectivity index (χ2v) is 14.2. The fourth-order valence-corrected chi connectivity index (χ4v) is 6.51. The zero-order valence-electron chi connectivity index (χ0n) is 18.3. The van der Waals surface area contributed by atoms with E-state index in [9.17, 15) is 14.7 Å². The van der Waals surface area contributed by atoms with Gasteiger partial charge in [-0.05, 0) is 23.7 Å². The van der Waals surface area contributed by atoms with Crippen molar-refractivity contribution in [2.24, 2.45) is 0 Å². The van der Waals surface area contributed by atoms with Gasteiger partial charge in [-0.15, -0.1) is 0 Å². The van der Waals surface area contributed by atoms with Crippen molar-refractivity contribution in [1.82, 2.24) is 9.55 Å². The molecule has 1 N–H and O–H groups in total. The maximum Gasteiger partial charge on any atom is 0.343 e. The van der Waals surface area contributed by atoms with E-state index < -0.39 is 19.6 Å². The lowest BCUT2D eigenvalue weighted by Gasteiger charge is -2.31. The number of ether oxygens (including phenoxy) is 1. The van der Waals surface area contributed by atoms with Crippen molar-refractivity contribution >= 4 is 30.1 Å². The number of cyclic esters (lactones) is 1. The highest BCUT2D eigenvalue weighted by Crippen LogP contribution is 2.38. The minimum atomic E-state index is -1.80. The monoisotopic (exact) mass is 434 g/mol. The number of rotatable bonds is 3. The van der Waals surface area contributed by atoms with Gasteiger partial charge in [-0.1, -0.05) is 51.2 Å². The first kappa shape index (κ1) is 20.1. The van der Waals surface area contributed by atoms with Crippen molar-refractivity contribution in [3.63, 3.8) is 0 Å². The molecule has 1 aromatic carbocycles. The quantitative estimate of drug-likeness (QED) is 0.396. The van der Waals surface area contributed by atoms with E-state index in [4.69, 9.17) is 9.72 Å². The molecule has 0 bridgehead atoms. The number of carbonyl (C=O) groups is 1. The molecule has 6 nitrogen and oxygen atoms in total. The van der Waals surface area contributed by atoms with Crippen molar-refractivity contribution in [2.45, 2.75) is 58.2 Å². The van der Waals surface area contributed by atoms with Gasteiger partial charge in [-0.25, -0.2) is 9.78 Å². The van der Waals surface area contributed by atoms with Crippen LogP contribution in [0.2, 0.25) is 19.1 Å². The van der Waals surface area contributed by atoms with Crippen LogP contribution in [-0.2, 0) is 28.3 Å². The predicted octanol–water partition coefficient (Wildman–Crippen LogP) is 3.01. The van der Waals surface area contributed by atoms with Gasteiger partial charge >= 0.3 is 5.97 Å². The molecule has 160 valence electrons. The van der Waals surface area contributed by atoms with Gasteiger partial charge in [-0.2, -0.15) is 0 Å². The summed E-state index contributed by atoms with van der Waals surface area (Å²) in [4.78, 5) is 30.7. The van der Waals surface area contributed by atoms with Crippen molar-refractivity contribution in [3.05, 3.63) is 57.4 Å². The Kier molecular flexibility index (Phi) is 4.30. The molecule has 0 radical (unpaired) electrons. The van der Waals surface area contributed by atoms with Crippen LogP contribution in [0.1, 0.15) is 37.0 Å². The molecule has 0 spiro atoms. The largest absolute Gasteiger partial charge is 0.458 e. The minimum absolute atomic E-state index is 0.109. The smallest absolute Gasteiger partial charge is 0.343 e. The van der Waals surface area contributed by atoms with Crippen LogP contribution in [-0.4, -0.2) is 28.7 Å². The van der Waals surface area contributed by atoms with E-state index in [1.807, 2.05) is 0 Å². The van der Waals surface area contributed by atoms with Gasteiger partial charge in [0.05, 0.1) is 37.1 Å². The van der Waals surface area contributed by atoms with Crippen molar-refractivity contribution in [2.75, 3.05) is 0 Å². The third kappa shape index (κ3) is 2.69. The minimum Gasteiger partial charge on any atom is -0.458 e. The van der Waals surface area contributed by atoms with E-state index in [1.165, 1.54) is 5.19 Å². The van der Waals surface area contributed by atoms with Crippen LogP contribution in [0, 0.1) is 0 Å². The topological polar surface area (TPSA) is 81.4 Å². The molecular weight excluding hydrogens is 408 g/mol.